The van der Waals surface area contributed by atoms with Gasteiger partial charge in [-0.3, -0.25) is 19.6 Å². The van der Waals surface area contributed by atoms with Gasteiger partial charge in [-0.25, -0.2) is 14.6 Å². The Bertz CT molecular complexity index is 2000. The molecule has 2 aromatic carbocycles. The molecule has 0 saturated carbocycles. The van der Waals surface area contributed by atoms with Gasteiger partial charge in [0.2, 0.25) is 17.7 Å². The van der Waals surface area contributed by atoms with Gasteiger partial charge in [-0.15, -0.1) is 11.8 Å². The van der Waals surface area contributed by atoms with Crippen LogP contribution < -0.4 is 10.1 Å². The molecule has 0 atom stereocenters. The molecular formula is C39H47N9O3S. The van der Waals surface area contributed by atoms with E-state index in [4.69, 9.17) is 4.74 Å². The van der Waals surface area contributed by atoms with Crippen LogP contribution in [0.5, 0.6) is 5.88 Å². The van der Waals surface area contributed by atoms with E-state index in [9.17, 15) is 9.59 Å². The van der Waals surface area contributed by atoms with Crippen molar-refractivity contribution in [2.75, 3.05) is 43.6 Å². The summed E-state index contributed by atoms with van der Waals surface area (Å²) in [6.07, 6.45) is 9.53. The number of carbonyl (C=O) groups excluding carboxylic acids is 2. The van der Waals surface area contributed by atoms with Crippen molar-refractivity contribution in [3.63, 3.8) is 0 Å². The molecule has 1 aliphatic rings. The smallest absolute Gasteiger partial charge is 0.237 e. The van der Waals surface area contributed by atoms with E-state index >= 15 is 0 Å². The molecule has 0 radical (unpaired) electrons. The van der Waals surface area contributed by atoms with E-state index in [0.29, 0.717) is 50.6 Å². The molecule has 6 rings (SSSR count). The van der Waals surface area contributed by atoms with E-state index in [1.807, 2.05) is 60.0 Å². The number of benzene rings is 2. The van der Waals surface area contributed by atoms with Gasteiger partial charge in [-0.05, 0) is 88.7 Å². The number of anilines is 1. The number of hydrogen-bond donors (Lipinski definition) is 2. The summed E-state index contributed by atoms with van der Waals surface area (Å²) >= 11 is 1.68. The van der Waals surface area contributed by atoms with E-state index < -0.39 is 0 Å². The standard InChI is InChI=1S/C39H47N9O3S/c1-26(2)48-24-41-39(45-48)30-10-8-28(9-11-30)29-16-19-47(20-17-29)37(50)23-46(25-52-5)18-6-7-35(49)42-32-13-14-34-33(21-32)38(44-43-34)31-12-15-36(40-22-31)51-27(3)4/h8-16,21-22,24,26-27H,6-7,17-20,23,25H2,1-5H3,(H,42,49)(H,43,44). The molecule has 0 aliphatic carbocycles. The number of carbonyl (C=O) groups is 2. The van der Waals surface area contributed by atoms with Crippen LogP contribution in [-0.4, -0.2) is 96.0 Å². The van der Waals surface area contributed by atoms with E-state index in [1.165, 1.54) is 5.57 Å². The van der Waals surface area contributed by atoms with Crippen LogP contribution in [0.15, 0.2) is 73.2 Å². The number of H-pyrrole nitrogens is 1. The predicted molar refractivity (Wildman–Crippen MR) is 208 cm³/mol. The third kappa shape index (κ3) is 9.25. The Morgan fingerprint density at radius 3 is 2.48 bits per heavy atom. The average Bonchev–Trinajstić information content (AvgIpc) is 3.80. The van der Waals surface area contributed by atoms with Crippen molar-refractivity contribution in [2.24, 2.45) is 0 Å². The fourth-order valence-corrected chi connectivity index (χ4v) is 6.73. The molecule has 0 spiro atoms. The molecule has 2 amide bonds. The van der Waals surface area contributed by atoms with E-state index in [1.54, 1.807) is 24.3 Å². The summed E-state index contributed by atoms with van der Waals surface area (Å²) in [5.74, 6) is 2.05. The minimum absolute atomic E-state index is 0.0421. The largest absolute Gasteiger partial charge is 0.475 e. The Morgan fingerprint density at radius 2 is 1.81 bits per heavy atom. The quantitative estimate of drug-likeness (QED) is 0.111. The van der Waals surface area contributed by atoms with Crippen LogP contribution in [0.25, 0.3) is 39.1 Å². The highest BCUT2D eigenvalue weighted by Gasteiger charge is 2.21. The van der Waals surface area contributed by atoms with Gasteiger partial charge in [0, 0.05) is 65.9 Å². The second kappa shape index (κ2) is 17.0. The summed E-state index contributed by atoms with van der Waals surface area (Å²) in [4.78, 5) is 39.2. The Kier molecular flexibility index (Phi) is 12.0. The number of pyridine rings is 1. The number of nitrogens with one attached hydrogen (secondary N) is 2. The van der Waals surface area contributed by atoms with Crippen molar-refractivity contribution in [1.29, 1.82) is 0 Å². The Labute approximate surface area is 309 Å². The molecule has 52 heavy (non-hydrogen) atoms. The average molecular weight is 722 g/mol. The normalized spacial score (nSPS) is 13.3. The topological polar surface area (TPSA) is 134 Å². The SMILES string of the molecule is CSCN(CCCC(=O)Nc1ccc2[nH]nc(-c3ccc(OC(C)C)nc3)c2c1)CC(=O)N1CC=C(c2ccc(-c3ncn(C(C)C)n3)cc2)CC1. The molecule has 1 aliphatic heterocycles. The first-order chi connectivity index (χ1) is 25.2. The van der Waals surface area contributed by atoms with Crippen LogP contribution in [0.3, 0.4) is 0 Å². The molecule has 0 saturated heterocycles. The summed E-state index contributed by atoms with van der Waals surface area (Å²) in [6.45, 7) is 10.3. The number of fused-ring (bicyclic) bond motifs is 1. The number of nitrogens with zero attached hydrogens (tertiary/aromatic N) is 7. The first-order valence-corrected chi connectivity index (χ1v) is 19.2. The number of rotatable bonds is 15. The van der Waals surface area contributed by atoms with Crippen molar-refractivity contribution in [3.05, 3.63) is 78.8 Å². The molecule has 12 nitrogen and oxygen atoms in total. The number of thioether (sulfide) groups is 1. The van der Waals surface area contributed by atoms with E-state index in [0.717, 1.165) is 51.4 Å². The van der Waals surface area contributed by atoms with Crippen LogP contribution in [0, 0.1) is 0 Å². The summed E-state index contributed by atoms with van der Waals surface area (Å²) in [5, 5.41) is 16.1. The fourth-order valence-electron chi connectivity index (χ4n) is 6.14. The molecule has 272 valence electrons. The maximum atomic E-state index is 13.3. The van der Waals surface area contributed by atoms with Crippen molar-refractivity contribution >= 4 is 45.7 Å². The molecule has 0 bridgehead atoms. The second-order valence-corrected chi connectivity index (χ2v) is 14.4. The van der Waals surface area contributed by atoms with Gasteiger partial charge in [0.25, 0.3) is 0 Å². The van der Waals surface area contributed by atoms with E-state index in [-0.39, 0.29) is 24.0 Å². The highest BCUT2D eigenvalue weighted by atomic mass is 32.2. The molecule has 4 heterocycles. The molecule has 5 aromatic rings. The fraction of sp³-hybridized carbons (Fsp3) is 0.385. The van der Waals surface area contributed by atoms with Crippen molar-refractivity contribution in [3.8, 4) is 28.5 Å². The molecular weight excluding hydrogens is 675 g/mol. The van der Waals surface area contributed by atoms with Gasteiger partial charge >= 0.3 is 0 Å². The summed E-state index contributed by atoms with van der Waals surface area (Å²) < 4.78 is 7.52. The van der Waals surface area contributed by atoms with Crippen molar-refractivity contribution in [1.82, 2.24) is 39.7 Å². The predicted octanol–water partition coefficient (Wildman–Crippen LogP) is 6.91. The van der Waals surface area contributed by atoms with Gasteiger partial charge in [0.15, 0.2) is 5.82 Å². The van der Waals surface area contributed by atoms with Crippen molar-refractivity contribution < 1.29 is 14.3 Å². The molecule has 0 fully saturated rings. The lowest BCUT2D eigenvalue weighted by Gasteiger charge is -2.29. The van der Waals surface area contributed by atoms with Crippen LogP contribution in [-0.2, 0) is 9.59 Å². The first kappa shape index (κ1) is 36.8. The minimum atomic E-state index is -0.0695. The summed E-state index contributed by atoms with van der Waals surface area (Å²) in [6, 6.07) is 18.1. The number of amides is 2. The van der Waals surface area contributed by atoms with Gasteiger partial charge in [0.1, 0.15) is 12.0 Å². The minimum Gasteiger partial charge on any atom is -0.475 e. The van der Waals surface area contributed by atoms with Crippen molar-refractivity contribution in [2.45, 2.75) is 59.1 Å². The maximum Gasteiger partial charge on any atom is 0.237 e. The van der Waals surface area contributed by atoms with Crippen LogP contribution in [0.4, 0.5) is 5.69 Å². The number of hydrogen-bond acceptors (Lipinski definition) is 9. The first-order valence-electron chi connectivity index (χ1n) is 17.8. The third-order valence-electron chi connectivity index (χ3n) is 8.87. The molecule has 2 N–H and O–H groups in total. The monoisotopic (exact) mass is 721 g/mol. The summed E-state index contributed by atoms with van der Waals surface area (Å²) in [7, 11) is 0. The summed E-state index contributed by atoms with van der Waals surface area (Å²) in [5.41, 5.74) is 6.57. The number of aromatic amines is 1. The van der Waals surface area contributed by atoms with Gasteiger partial charge in [0.05, 0.1) is 18.2 Å². The Hall–Kier alpha value is -5.01. The van der Waals surface area contributed by atoms with Crippen LogP contribution in [0.2, 0.25) is 0 Å². The Balaban J connectivity index is 0.975. The van der Waals surface area contributed by atoms with Gasteiger partial charge in [-0.2, -0.15) is 10.2 Å². The molecule has 3 aromatic heterocycles. The lowest BCUT2D eigenvalue weighted by atomic mass is 9.98. The zero-order chi connectivity index (χ0) is 36.6. The molecule has 0 unspecified atom stereocenters. The zero-order valence-corrected chi connectivity index (χ0v) is 31.3. The van der Waals surface area contributed by atoms with Gasteiger partial charge in [-0.1, -0.05) is 30.3 Å². The lowest BCUT2D eigenvalue weighted by Crippen LogP contribution is -2.42. The van der Waals surface area contributed by atoms with E-state index in [2.05, 4.69) is 79.7 Å². The van der Waals surface area contributed by atoms with Crippen LogP contribution >= 0.6 is 11.8 Å². The molecule has 13 heteroatoms. The lowest BCUT2D eigenvalue weighted by molar-refractivity contribution is -0.131. The zero-order valence-electron chi connectivity index (χ0n) is 30.5. The highest BCUT2D eigenvalue weighted by molar-refractivity contribution is 7.98. The third-order valence-corrected chi connectivity index (χ3v) is 9.50. The van der Waals surface area contributed by atoms with Gasteiger partial charge < -0.3 is 15.0 Å². The van der Waals surface area contributed by atoms with Crippen LogP contribution in [0.1, 0.15) is 58.6 Å². The second-order valence-electron chi connectivity index (χ2n) is 13.5. The maximum absolute atomic E-state index is 13.3. The highest BCUT2D eigenvalue weighted by Crippen LogP contribution is 2.29. The number of aromatic nitrogens is 6. The Morgan fingerprint density at radius 1 is 1.02 bits per heavy atom. The number of ether oxygens (including phenoxy) is 1.